The fourth-order valence-corrected chi connectivity index (χ4v) is 4.69. The average molecular weight is 379 g/mol. The van der Waals surface area contributed by atoms with Crippen LogP contribution in [0.3, 0.4) is 0 Å². The number of amides is 1. The quantitative estimate of drug-likeness (QED) is 0.849. The molecular weight excluding hydrogens is 354 g/mol. The number of ether oxygens (including phenoxy) is 1. The molecule has 146 valence electrons. The molecule has 1 N–H and O–H groups in total. The molecule has 1 saturated carbocycles. The maximum atomic E-state index is 12.7. The van der Waals surface area contributed by atoms with Crippen LogP contribution in [0.1, 0.15) is 42.7 Å². The van der Waals surface area contributed by atoms with Crippen LogP contribution in [-0.4, -0.2) is 41.8 Å². The molecule has 0 bridgehead atoms. The molecule has 0 aromatic heterocycles. The Labute approximate surface area is 164 Å². The summed E-state index contributed by atoms with van der Waals surface area (Å²) < 4.78 is 5.68. The Morgan fingerprint density at radius 2 is 1.57 bits per heavy atom. The van der Waals surface area contributed by atoms with Gasteiger partial charge in [-0.25, -0.2) is 4.79 Å². The van der Waals surface area contributed by atoms with Crippen molar-refractivity contribution in [2.45, 2.75) is 37.6 Å². The van der Waals surface area contributed by atoms with Crippen molar-refractivity contribution in [3.05, 3.63) is 59.7 Å². The average Bonchev–Trinajstić information content (AvgIpc) is 3.05. The lowest BCUT2D eigenvalue weighted by Gasteiger charge is -2.35. The Morgan fingerprint density at radius 3 is 2.18 bits per heavy atom. The van der Waals surface area contributed by atoms with Crippen LogP contribution in [0.2, 0.25) is 0 Å². The molecule has 0 aliphatic heterocycles. The minimum atomic E-state index is -0.831. The Bertz CT molecular complexity index is 848. The molecule has 2 aliphatic carbocycles. The summed E-state index contributed by atoms with van der Waals surface area (Å²) in [6, 6.07) is 16.1. The van der Waals surface area contributed by atoms with Crippen molar-refractivity contribution >= 4 is 12.1 Å². The summed E-state index contributed by atoms with van der Waals surface area (Å²) >= 11 is 0. The van der Waals surface area contributed by atoms with Crippen molar-refractivity contribution in [1.82, 2.24) is 4.90 Å². The molecule has 28 heavy (non-hydrogen) atoms. The topological polar surface area (TPSA) is 66.8 Å². The number of benzene rings is 2. The van der Waals surface area contributed by atoms with Gasteiger partial charge in [-0.2, -0.15) is 0 Å². The first-order chi connectivity index (χ1) is 13.6. The lowest BCUT2D eigenvalue weighted by atomic mass is 9.84. The number of aliphatic carboxylic acids is 1. The fraction of sp³-hybridized carbons (Fsp3) is 0.391. The van der Waals surface area contributed by atoms with Gasteiger partial charge in [0.1, 0.15) is 6.61 Å². The minimum Gasteiger partial charge on any atom is -0.481 e. The summed E-state index contributed by atoms with van der Waals surface area (Å²) in [5.74, 6) is -1.34. The standard InChI is InChI=1S/C23H25NO4/c1-24(21-13-7-6-12-19(21)22(25)26)23(27)28-14-20-17-10-4-2-8-15(17)16-9-3-5-11-18(16)20/h2-5,8-11,19-21H,6-7,12-14H2,1H3,(H,25,26)/t19-,21+/m1/s1. The molecule has 0 radical (unpaired) electrons. The molecule has 2 aromatic carbocycles. The second-order valence-electron chi connectivity index (χ2n) is 7.71. The van der Waals surface area contributed by atoms with Crippen LogP contribution < -0.4 is 0 Å². The first-order valence-corrected chi connectivity index (χ1v) is 9.88. The second-order valence-corrected chi connectivity index (χ2v) is 7.71. The molecule has 5 nitrogen and oxygen atoms in total. The summed E-state index contributed by atoms with van der Waals surface area (Å²) in [5.41, 5.74) is 4.71. The fourth-order valence-electron chi connectivity index (χ4n) is 4.69. The molecule has 0 saturated heterocycles. The van der Waals surface area contributed by atoms with E-state index in [9.17, 15) is 14.7 Å². The maximum Gasteiger partial charge on any atom is 0.409 e. The molecule has 1 fully saturated rings. The zero-order valence-corrected chi connectivity index (χ0v) is 16.0. The highest BCUT2D eigenvalue weighted by Crippen LogP contribution is 2.44. The first-order valence-electron chi connectivity index (χ1n) is 9.88. The van der Waals surface area contributed by atoms with Crippen molar-refractivity contribution in [2.75, 3.05) is 13.7 Å². The highest BCUT2D eigenvalue weighted by Gasteiger charge is 2.36. The van der Waals surface area contributed by atoms with Gasteiger partial charge in [-0.15, -0.1) is 0 Å². The summed E-state index contributed by atoms with van der Waals surface area (Å²) in [7, 11) is 1.66. The van der Waals surface area contributed by atoms with E-state index in [0.29, 0.717) is 12.8 Å². The van der Waals surface area contributed by atoms with Gasteiger partial charge in [0.15, 0.2) is 0 Å². The molecule has 2 aromatic rings. The van der Waals surface area contributed by atoms with Gasteiger partial charge in [0, 0.05) is 19.0 Å². The van der Waals surface area contributed by atoms with Crippen LogP contribution in [0.25, 0.3) is 11.1 Å². The van der Waals surface area contributed by atoms with Gasteiger partial charge < -0.3 is 14.7 Å². The van der Waals surface area contributed by atoms with Gasteiger partial charge in [-0.05, 0) is 35.1 Å². The number of carbonyl (C=O) groups excluding carboxylic acids is 1. The highest BCUT2D eigenvalue weighted by molar-refractivity contribution is 5.79. The molecule has 1 amide bonds. The van der Waals surface area contributed by atoms with Crippen LogP contribution in [0, 0.1) is 5.92 Å². The maximum absolute atomic E-state index is 12.7. The molecule has 2 atom stereocenters. The van der Waals surface area contributed by atoms with E-state index in [2.05, 4.69) is 24.3 Å². The molecule has 2 aliphatic rings. The van der Waals surface area contributed by atoms with Crippen LogP contribution in [0.15, 0.2) is 48.5 Å². The lowest BCUT2D eigenvalue weighted by molar-refractivity contribution is -0.145. The Kier molecular flexibility index (Phi) is 5.07. The zero-order valence-electron chi connectivity index (χ0n) is 16.0. The van der Waals surface area contributed by atoms with Gasteiger partial charge in [-0.3, -0.25) is 4.79 Å². The normalized spacial score (nSPS) is 20.9. The van der Waals surface area contributed by atoms with Crippen molar-refractivity contribution in [2.24, 2.45) is 5.92 Å². The molecule has 0 unspecified atom stereocenters. The largest absolute Gasteiger partial charge is 0.481 e. The SMILES string of the molecule is CN(C(=O)OCC1c2ccccc2-c2ccccc21)[C@H]1CCCC[C@H]1C(=O)O. The number of hydrogen-bond acceptors (Lipinski definition) is 3. The van der Waals surface area contributed by atoms with Gasteiger partial charge >= 0.3 is 12.1 Å². The van der Waals surface area contributed by atoms with E-state index < -0.39 is 18.0 Å². The third-order valence-corrected chi connectivity index (χ3v) is 6.17. The van der Waals surface area contributed by atoms with Crippen molar-refractivity contribution in [3.8, 4) is 11.1 Å². The number of nitrogens with zero attached hydrogens (tertiary/aromatic N) is 1. The summed E-state index contributed by atoms with van der Waals surface area (Å²) in [4.78, 5) is 25.7. The Hall–Kier alpha value is -2.82. The molecular formula is C23H25NO4. The number of hydrogen-bond donors (Lipinski definition) is 1. The highest BCUT2D eigenvalue weighted by atomic mass is 16.6. The van der Waals surface area contributed by atoms with E-state index >= 15 is 0 Å². The van der Waals surface area contributed by atoms with Crippen LogP contribution in [-0.2, 0) is 9.53 Å². The molecule has 5 heteroatoms. The Balaban J connectivity index is 1.48. The number of carboxylic acids is 1. The van der Waals surface area contributed by atoms with E-state index in [4.69, 9.17) is 4.74 Å². The van der Waals surface area contributed by atoms with Crippen LogP contribution in [0.5, 0.6) is 0 Å². The number of carbonyl (C=O) groups is 2. The van der Waals surface area contributed by atoms with Crippen LogP contribution >= 0.6 is 0 Å². The third-order valence-electron chi connectivity index (χ3n) is 6.17. The van der Waals surface area contributed by atoms with Gasteiger partial charge in [0.25, 0.3) is 0 Å². The molecule has 0 heterocycles. The van der Waals surface area contributed by atoms with Gasteiger partial charge in [-0.1, -0.05) is 61.4 Å². The zero-order chi connectivity index (χ0) is 19.7. The van der Waals surface area contributed by atoms with E-state index in [1.165, 1.54) is 27.2 Å². The van der Waals surface area contributed by atoms with Crippen molar-refractivity contribution in [1.29, 1.82) is 0 Å². The summed E-state index contributed by atoms with van der Waals surface area (Å²) in [6.45, 7) is 0.252. The van der Waals surface area contributed by atoms with Crippen LogP contribution in [0.4, 0.5) is 4.79 Å². The van der Waals surface area contributed by atoms with E-state index in [0.717, 1.165) is 12.8 Å². The van der Waals surface area contributed by atoms with E-state index in [-0.39, 0.29) is 18.6 Å². The lowest BCUT2D eigenvalue weighted by Crippen LogP contribution is -2.46. The smallest absolute Gasteiger partial charge is 0.409 e. The predicted octanol–water partition coefficient (Wildman–Crippen LogP) is 4.51. The number of rotatable bonds is 4. The van der Waals surface area contributed by atoms with Crippen molar-refractivity contribution < 1.29 is 19.4 Å². The van der Waals surface area contributed by atoms with Gasteiger partial charge in [0.05, 0.1) is 5.92 Å². The monoisotopic (exact) mass is 379 g/mol. The first kappa shape index (κ1) is 18.5. The number of carboxylic acid groups (broad SMARTS) is 1. The summed E-state index contributed by atoms with van der Waals surface area (Å²) in [6.07, 6.45) is 2.71. The second kappa shape index (κ2) is 7.66. The van der Waals surface area contributed by atoms with E-state index in [1.807, 2.05) is 24.3 Å². The summed E-state index contributed by atoms with van der Waals surface area (Å²) in [5, 5.41) is 9.48. The third kappa shape index (κ3) is 3.26. The minimum absolute atomic E-state index is 0.00590. The Morgan fingerprint density at radius 1 is 1.00 bits per heavy atom. The van der Waals surface area contributed by atoms with Crippen molar-refractivity contribution in [3.63, 3.8) is 0 Å². The predicted molar refractivity (Wildman–Crippen MR) is 106 cm³/mol. The molecule has 0 spiro atoms. The van der Waals surface area contributed by atoms with Gasteiger partial charge in [0.2, 0.25) is 0 Å². The number of fused-ring (bicyclic) bond motifs is 3. The molecule has 4 rings (SSSR count). The van der Waals surface area contributed by atoms with E-state index in [1.54, 1.807) is 7.05 Å².